The van der Waals surface area contributed by atoms with E-state index >= 15 is 0 Å². The smallest absolute Gasteiger partial charge is 0.104 e. The van der Waals surface area contributed by atoms with E-state index in [4.69, 9.17) is 16.4 Å². The van der Waals surface area contributed by atoms with Crippen LogP contribution in [0.3, 0.4) is 0 Å². The predicted molar refractivity (Wildman–Crippen MR) is 51.2 cm³/mol. The van der Waals surface area contributed by atoms with Crippen LogP contribution in [0.25, 0.3) is 0 Å². The van der Waals surface area contributed by atoms with Crippen molar-refractivity contribution in [2.24, 2.45) is 5.73 Å². The van der Waals surface area contributed by atoms with Gasteiger partial charge in [-0.2, -0.15) is 5.26 Å². The standard InChI is InChI=1S/C6H6N2S.CH4N2/c1-4-2-5(3-7)6(8)9-4;2-1-3/h2H,8H2,1H3;1H,(H3,2,3). The molecule has 0 saturated heterocycles. The summed E-state index contributed by atoms with van der Waals surface area (Å²) in [5.41, 5.74) is 10.4. The van der Waals surface area contributed by atoms with E-state index in [1.165, 1.54) is 11.3 Å². The molecule has 0 bridgehead atoms. The molecule has 1 aromatic heterocycles. The first-order valence-corrected chi connectivity index (χ1v) is 3.94. The van der Waals surface area contributed by atoms with Gasteiger partial charge in [0.25, 0.3) is 0 Å². The highest BCUT2D eigenvalue weighted by Gasteiger charge is 1.99. The molecule has 0 aliphatic heterocycles. The molecule has 1 heterocycles. The van der Waals surface area contributed by atoms with E-state index in [9.17, 15) is 0 Å². The largest absolute Gasteiger partial charge is 0.390 e. The monoisotopic (exact) mass is 182 g/mol. The minimum Gasteiger partial charge on any atom is -0.390 e. The highest BCUT2D eigenvalue weighted by Crippen LogP contribution is 2.22. The van der Waals surface area contributed by atoms with Gasteiger partial charge >= 0.3 is 0 Å². The van der Waals surface area contributed by atoms with Crippen LogP contribution >= 0.6 is 11.3 Å². The third-order valence-corrected chi connectivity index (χ3v) is 1.88. The number of nitriles is 1. The third kappa shape index (κ3) is 3.03. The molecule has 0 aliphatic rings. The summed E-state index contributed by atoms with van der Waals surface area (Å²) in [6.45, 7) is 1.93. The van der Waals surface area contributed by atoms with Gasteiger partial charge in [0.2, 0.25) is 0 Å². The van der Waals surface area contributed by atoms with Crippen LogP contribution in [-0.4, -0.2) is 6.34 Å². The molecule has 0 unspecified atom stereocenters. The zero-order chi connectivity index (χ0) is 9.56. The number of aryl methyl sites for hydroxylation is 1. The number of nitrogens with one attached hydrogen (secondary N) is 1. The van der Waals surface area contributed by atoms with Crippen molar-refractivity contribution < 1.29 is 0 Å². The lowest BCUT2D eigenvalue weighted by atomic mass is 10.3. The lowest BCUT2D eigenvalue weighted by Gasteiger charge is -1.78. The number of rotatable bonds is 0. The van der Waals surface area contributed by atoms with Crippen LogP contribution in [0.5, 0.6) is 0 Å². The first-order chi connectivity index (χ1) is 5.65. The Hall–Kier alpha value is -1.54. The van der Waals surface area contributed by atoms with Gasteiger partial charge < -0.3 is 11.5 Å². The summed E-state index contributed by atoms with van der Waals surface area (Å²) in [7, 11) is 0. The zero-order valence-corrected chi connectivity index (χ0v) is 7.48. The summed E-state index contributed by atoms with van der Waals surface area (Å²) in [4.78, 5) is 1.09. The SMILES string of the molecule is Cc1cc(C#N)c(N)s1.N=CN. The third-order valence-electron chi connectivity index (χ3n) is 1.00. The molecule has 5 N–H and O–H groups in total. The molecule has 0 spiro atoms. The Balaban J connectivity index is 0.000000354. The van der Waals surface area contributed by atoms with Gasteiger partial charge in [-0.25, -0.2) is 0 Å². The molecule has 64 valence electrons. The van der Waals surface area contributed by atoms with Crippen molar-refractivity contribution in [2.75, 3.05) is 5.73 Å². The van der Waals surface area contributed by atoms with Crippen molar-refractivity contribution in [3.05, 3.63) is 16.5 Å². The fourth-order valence-electron chi connectivity index (χ4n) is 0.620. The lowest BCUT2D eigenvalue weighted by molar-refractivity contribution is 1.50. The molecular formula is C7H10N4S. The second kappa shape index (κ2) is 5.16. The fourth-order valence-corrected chi connectivity index (χ4v) is 1.36. The highest BCUT2D eigenvalue weighted by atomic mass is 32.1. The summed E-state index contributed by atoms with van der Waals surface area (Å²) in [6, 6.07) is 3.79. The molecule has 12 heavy (non-hydrogen) atoms. The first-order valence-electron chi connectivity index (χ1n) is 3.12. The maximum atomic E-state index is 8.41. The Morgan fingerprint density at radius 3 is 2.42 bits per heavy atom. The Morgan fingerprint density at radius 1 is 1.75 bits per heavy atom. The van der Waals surface area contributed by atoms with Crippen molar-refractivity contribution in [1.29, 1.82) is 10.7 Å². The molecule has 0 radical (unpaired) electrons. The molecule has 5 heteroatoms. The van der Waals surface area contributed by atoms with Crippen molar-refractivity contribution in [3.63, 3.8) is 0 Å². The fraction of sp³-hybridized carbons (Fsp3) is 0.143. The summed E-state index contributed by atoms with van der Waals surface area (Å²) in [6.07, 6.45) is 0.750. The van der Waals surface area contributed by atoms with Crippen molar-refractivity contribution >= 4 is 22.7 Å². The number of thiophene rings is 1. The van der Waals surface area contributed by atoms with Gasteiger partial charge in [-0.3, -0.25) is 5.41 Å². The van der Waals surface area contributed by atoms with Crippen LogP contribution in [0, 0.1) is 23.7 Å². The van der Waals surface area contributed by atoms with E-state index in [2.05, 4.69) is 5.73 Å². The summed E-state index contributed by atoms with van der Waals surface area (Å²) in [5, 5.41) is 14.9. The summed E-state index contributed by atoms with van der Waals surface area (Å²) < 4.78 is 0. The van der Waals surface area contributed by atoms with E-state index in [1.807, 2.05) is 13.0 Å². The molecule has 0 aromatic carbocycles. The minimum atomic E-state index is 0.595. The van der Waals surface area contributed by atoms with Crippen LogP contribution in [0.15, 0.2) is 6.07 Å². The van der Waals surface area contributed by atoms with E-state index in [0.29, 0.717) is 10.6 Å². The van der Waals surface area contributed by atoms with Crippen molar-refractivity contribution in [1.82, 2.24) is 0 Å². The van der Waals surface area contributed by atoms with Crippen molar-refractivity contribution in [2.45, 2.75) is 6.92 Å². The van der Waals surface area contributed by atoms with E-state index < -0.39 is 0 Å². The van der Waals surface area contributed by atoms with Crippen LogP contribution in [0.1, 0.15) is 10.4 Å². The van der Waals surface area contributed by atoms with Crippen LogP contribution in [0.4, 0.5) is 5.00 Å². The average molecular weight is 182 g/mol. The van der Waals surface area contributed by atoms with Crippen LogP contribution in [-0.2, 0) is 0 Å². The first kappa shape index (κ1) is 10.5. The Kier molecular flexibility index (Phi) is 4.49. The van der Waals surface area contributed by atoms with E-state index in [1.54, 1.807) is 6.07 Å². The van der Waals surface area contributed by atoms with Gasteiger partial charge in [-0.1, -0.05) is 0 Å². The Labute approximate surface area is 74.9 Å². The van der Waals surface area contributed by atoms with Crippen molar-refractivity contribution in [3.8, 4) is 6.07 Å². The topological polar surface area (TPSA) is 99.7 Å². The number of nitrogens with zero attached hydrogens (tertiary/aromatic N) is 1. The van der Waals surface area contributed by atoms with Crippen LogP contribution < -0.4 is 11.5 Å². The second-order valence-corrected chi connectivity index (χ2v) is 3.20. The predicted octanol–water partition coefficient (Wildman–Crippen LogP) is 1.06. The number of hydrogen-bond acceptors (Lipinski definition) is 4. The van der Waals surface area contributed by atoms with Gasteiger partial charge in [0.05, 0.1) is 11.9 Å². The normalized spacial score (nSPS) is 7.67. The Morgan fingerprint density at radius 2 is 2.25 bits per heavy atom. The number of anilines is 1. The summed E-state index contributed by atoms with van der Waals surface area (Å²) in [5.74, 6) is 0. The number of nitrogens with two attached hydrogens (primary N) is 2. The molecule has 0 fully saturated rings. The van der Waals surface area contributed by atoms with Gasteiger partial charge in [0.15, 0.2) is 0 Å². The van der Waals surface area contributed by atoms with Gasteiger partial charge in [-0.05, 0) is 13.0 Å². The minimum absolute atomic E-state index is 0.595. The van der Waals surface area contributed by atoms with Gasteiger partial charge in [-0.15, -0.1) is 11.3 Å². The van der Waals surface area contributed by atoms with Crippen LogP contribution in [0.2, 0.25) is 0 Å². The maximum absolute atomic E-state index is 8.41. The second-order valence-electron chi connectivity index (χ2n) is 1.91. The maximum Gasteiger partial charge on any atom is 0.104 e. The quantitative estimate of drug-likeness (QED) is 0.413. The number of hydrogen-bond donors (Lipinski definition) is 3. The molecule has 4 nitrogen and oxygen atoms in total. The molecule has 1 rings (SSSR count). The molecule has 0 atom stereocenters. The highest BCUT2D eigenvalue weighted by molar-refractivity contribution is 7.16. The summed E-state index contributed by atoms with van der Waals surface area (Å²) >= 11 is 1.45. The van der Waals surface area contributed by atoms with E-state index in [-0.39, 0.29) is 0 Å². The lowest BCUT2D eigenvalue weighted by Crippen LogP contribution is -1.81. The average Bonchev–Trinajstić information content (AvgIpc) is 2.31. The van der Waals surface area contributed by atoms with E-state index in [0.717, 1.165) is 11.2 Å². The molecule has 0 saturated carbocycles. The molecule has 0 aliphatic carbocycles. The molecule has 1 aromatic rings. The number of nitrogen functional groups attached to an aromatic ring is 1. The zero-order valence-electron chi connectivity index (χ0n) is 6.66. The van der Waals surface area contributed by atoms with Gasteiger partial charge in [0, 0.05) is 4.88 Å². The van der Waals surface area contributed by atoms with Gasteiger partial charge in [0.1, 0.15) is 11.1 Å². The Bertz CT molecular complexity index is 297. The molecular weight excluding hydrogens is 172 g/mol. The molecule has 0 amide bonds.